The summed E-state index contributed by atoms with van der Waals surface area (Å²) in [6.45, 7) is 7.80. The Morgan fingerprint density at radius 2 is 1.65 bits per heavy atom. The van der Waals surface area contributed by atoms with Gasteiger partial charge >= 0.3 is 6.18 Å². The first-order valence-electron chi connectivity index (χ1n) is 18.0. The van der Waals surface area contributed by atoms with Gasteiger partial charge in [0.25, 0.3) is 0 Å². The fourth-order valence-electron chi connectivity index (χ4n) is 6.82. The number of nitrogens with one attached hydrogen (secondary N) is 5. The molecule has 1 aliphatic carbocycles. The number of amides is 3. The van der Waals surface area contributed by atoms with Crippen molar-refractivity contribution in [2.75, 3.05) is 0 Å². The van der Waals surface area contributed by atoms with E-state index in [1.807, 2.05) is 20.8 Å². The van der Waals surface area contributed by atoms with Gasteiger partial charge in [-0.1, -0.05) is 83.1 Å². The Morgan fingerprint density at radius 3 is 2.31 bits per heavy atom. The number of fused-ring (bicyclic) bond motifs is 3. The summed E-state index contributed by atoms with van der Waals surface area (Å²) in [5.74, 6) is -2.91. The van der Waals surface area contributed by atoms with Crippen LogP contribution in [-0.2, 0) is 46.4 Å². The number of carbonyl (C=O) groups excluding carboxylic acids is 3. The van der Waals surface area contributed by atoms with Crippen LogP contribution < -0.4 is 21.3 Å². The average molecular weight is 768 g/mol. The third kappa shape index (κ3) is 9.05. The number of aromatic amines is 1. The van der Waals surface area contributed by atoms with Crippen molar-refractivity contribution in [2.24, 2.45) is 11.8 Å². The molecule has 10 nitrogen and oxygen atoms in total. The minimum atomic E-state index is -4.63. The molecule has 3 amide bonds. The molecule has 5 rings (SSSR count). The van der Waals surface area contributed by atoms with Gasteiger partial charge in [0.15, 0.2) is 0 Å². The number of aryl methyl sites for hydroxylation is 1. The Labute approximate surface area is 316 Å². The van der Waals surface area contributed by atoms with Gasteiger partial charge in [0, 0.05) is 42.0 Å². The van der Waals surface area contributed by atoms with Gasteiger partial charge in [-0.05, 0) is 47.9 Å². The molecule has 2 heterocycles. The van der Waals surface area contributed by atoms with E-state index in [-0.39, 0.29) is 42.7 Å². The molecule has 2 aromatic heterocycles. The fourth-order valence-corrected chi connectivity index (χ4v) is 7.18. The number of carbonyl (C=O) groups is 3. The van der Waals surface area contributed by atoms with Crippen LogP contribution in [0.25, 0.3) is 10.9 Å². The quantitative estimate of drug-likeness (QED) is 0.0798. The molecule has 2 aromatic carbocycles. The lowest BCUT2D eigenvalue weighted by molar-refractivity contribution is -0.137. The summed E-state index contributed by atoms with van der Waals surface area (Å²) in [6.07, 6.45) is 0.911. The first-order valence-corrected chi connectivity index (χ1v) is 18.4. The van der Waals surface area contributed by atoms with Crippen molar-refractivity contribution < 1.29 is 31.9 Å². The minimum absolute atomic E-state index is 0.0386. The number of hydrogen-bond acceptors (Lipinski definition) is 6. The minimum Gasteiger partial charge on any atom is -0.374 e. The number of para-hydroxylation sites is 1. The van der Waals surface area contributed by atoms with Crippen molar-refractivity contribution in [2.45, 2.75) is 96.6 Å². The van der Waals surface area contributed by atoms with Gasteiger partial charge in [0.05, 0.1) is 28.5 Å². The molecular weight excluding hydrogens is 723 g/mol. The van der Waals surface area contributed by atoms with E-state index in [4.69, 9.17) is 12.2 Å². The van der Waals surface area contributed by atoms with Crippen LogP contribution in [0, 0.1) is 17.7 Å². The number of rotatable bonds is 14. The molecule has 0 bridgehead atoms. The van der Waals surface area contributed by atoms with E-state index in [1.54, 1.807) is 31.5 Å². The molecule has 5 N–H and O–H groups in total. The summed E-state index contributed by atoms with van der Waals surface area (Å²) in [4.78, 5) is 53.7. The SMILES string of the molecule is CCC(C)[C@H](NC(=O)Cc1ccccc1F)C(=O)N[C@]1(C(=O)NC(C(=S)NCc2cncnc2)[C@@H](C)CC)CCc2[nH]c3c(C(F)(F)F)cccc3c2C1. The summed E-state index contributed by atoms with van der Waals surface area (Å²) >= 11 is 5.78. The zero-order chi connectivity index (χ0) is 39.2. The smallest absolute Gasteiger partial charge is 0.374 e. The molecule has 0 saturated heterocycles. The Bertz CT molecular complexity index is 1990. The van der Waals surface area contributed by atoms with E-state index in [0.717, 1.165) is 11.6 Å². The first-order chi connectivity index (χ1) is 25.7. The van der Waals surface area contributed by atoms with E-state index in [1.165, 1.54) is 30.6 Å². The number of hydrogen-bond donors (Lipinski definition) is 5. The van der Waals surface area contributed by atoms with Crippen LogP contribution in [0.15, 0.2) is 61.2 Å². The highest BCUT2D eigenvalue weighted by Gasteiger charge is 2.47. The normalized spacial score (nSPS) is 17.8. The lowest BCUT2D eigenvalue weighted by Crippen LogP contribution is -2.67. The molecule has 0 fully saturated rings. The van der Waals surface area contributed by atoms with Crippen molar-refractivity contribution in [3.05, 3.63) is 95.0 Å². The average Bonchev–Trinajstić information content (AvgIpc) is 3.52. The van der Waals surface area contributed by atoms with Crippen LogP contribution in [0.1, 0.15) is 74.9 Å². The van der Waals surface area contributed by atoms with Crippen molar-refractivity contribution in [1.29, 1.82) is 0 Å². The molecule has 4 aromatic rings. The van der Waals surface area contributed by atoms with E-state index < -0.39 is 58.8 Å². The zero-order valence-corrected chi connectivity index (χ0v) is 31.4. The van der Waals surface area contributed by atoms with Crippen molar-refractivity contribution in [1.82, 2.24) is 36.2 Å². The number of nitrogens with zero attached hydrogens (tertiary/aromatic N) is 2. The van der Waals surface area contributed by atoms with Gasteiger partial charge in [-0.15, -0.1) is 0 Å². The highest BCUT2D eigenvalue weighted by molar-refractivity contribution is 7.80. The maximum absolute atomic E-state index is 14.8. The fraction of sp³-hybridized carbons (Fsp3) is 0.436. The predicted molar refractivity (Wildman–Crippen MR) is 201 cm³/mol. The Balaban J connectivity index is 1.49. The van der Waals surface area contributed by atoms with Gasteiger partial charge in [0.1, 0.15) is 23.7 Å². The molecular formula is C39H45F4N7O3S. The lowest BCUT2D eigenvalue weighted by Gasteiger charge is -2.40. The molecule has 2 unspecified atom stereocenters. The third-order valence-corrected chi connectivity index (χ3v) is 10.8. The van der Waals surface area contributed by atoms with Gasteiger partial charge in [-0.3, -0.25) is 14.4 Å². The van der Waals surface area contributed by atoms with Gasteiger partial charge in [-0.2, -0.15) is 13.2 Å². The molecule has 54 heavy (non-hydrogen) atoms. The molecule has 0 spiro atoms. The van der Waals surface area contributed by atoms with Crippen LogP contribution in [0.3, 0.4) is 0 Å². The van der Waals surface area contributed by atoms with E-state index >= 15 is 0 Å². The highest BCUT2D eigenvalue weighted by Crippen LogP contribution is 2.40. The molecule has 0 aliphatic heterocycles. The van der Waals surface area contributed by atoms with Crippen molar-refractivity contribution >= 4 is 45.8 Å². The monoisotopic (exact) mass is 767 g/mol. The standard InChI is InChI=1S/C39H45F4N7O3S/c1-5-22(3)32(48-31(51)16-25-10-7-8-13-29(25)40)35(52)50-38(15-14-30-27(17-38)26-11-9-12-28(34(26)47-30)39(41,42)43)37(53)49-33(23(4)6-2)36(54)46-20-24-18-44-21-45-19-24/h7-13,18-19,21-23,32-33,47H,5-6,14-17,20H2,1-4H3,(H,46,54)(H,48,51)(H,49,53)(H,50,52)/t22?,23-,32-,33?,38+/m0/s1. The summed E-state index contributed by atoms with van der Waals surface area (Å²) in [5, 5.41) is 12.3. The number of aromatic nitrogens is 3. The number of halogens is 4. The largest absolute Gasteiger partial charge is 0.418 e. The van der Waals surface area contributed by atoms with Crippen LogP contribution >= 0.6 is 12.2 Å². The maximum atomic E-state index is 14.8. The van der Waals surface area contributed by atoms with E-state index in [9.17, 15) is 31.9 Å². The number of benzene rings is 2. The third-order valence-electron chi connectivity index (χ3n) is 10.4. The number of thiocarbonyl (C=S) groups is 1. The highest BCUT2D eigenvalue weighted by atomic mass is 32.1. The Hall–Kier alpha value is -4.92. The summed E-state index contributed by atoms with van der Waals surface area (Å²) < 4.78 is 56.6. The summed E-state index contributed by atoms with van der Waals surface area (Å²) in [5.41, 5.74) is -0.633. The second-order valence-electron chi connectivity index (χ2n) is 14.1. The molecule has 0 radical (unpaired) electrons. The number of H-pyrrole nitrogens is 1. The van der Waals surface area contributed by atoms with Gasteiger partial charge in [0.2, 0.25) is 17.7 Å². The number of alkyl halides is 3. The Kier molecular flexibility index (Phi) is 12.7. The first kappa shape index (κ1) is 40.3. The van der Waals surface area contributed by atoms with E-state index in [2.05, 4.69) is 36.2 Å². The second-order valence-corrected chi connectivity index (χ2v) is 14.5. The van der Waals surface area contributed by atoms with Crippen LogP contribution in [-0.4, -0.2) is 55.3 Å². The van der Waals surface area contributed by atoms with E-state index in [0.29, 0.717) is 41.0 Å². The van der Waals surface area contributed by atoms with Gasteiger partial charge < -0.3 is 26.3 Å². The second kappa shape index (κ2) is 17.0. The van der Waals surface area contributed by atoms with Crippen LogP contribution in [0.5, 0.6) is 0 Å². The molecule has 15 heteroatoms. The summed E-state index contributed by atoms with van der Waals surface area (Å²) in [7, 11) is 0. The maximum Gasteiger partial charge on any atom is 0.418 e. The molecule has 0 saturated carbocycles. The summed E-state index contributed by atoms with van der Waals surface area (Å²) in [6, 6.07) is 7.94. The van der Waals surface area contributed by atoms with Crippen LogP contribution in [0.4, 0.5) is 17.6 Å². The predicted octanol–water partition coefficient (Wildman–Crippen LogP) is 5.88. The molecule has 5 atom stereocenters. The van der Waals surface area contributed by atoms with Gasteiger partial charge in [-0.25, -0.2) is 14.4 Å². The van der Waals surface area contributed by atoms with Crippen LogP contribution in [0.2, 0.25) is 0 Å². The van der Waals surface area contributed by atoms with Crippen molar-refractivity contribution in [3.63, 3.8) is 0 Å². The Morgan fingerprint density at radius 1 is 0.963 bits per heavy atom. The van der Waals surface area contributed by atoms with Crippen molar-refractivity contribution in [3.8, 4) is 0 Å². The molecule has 288 valence electrons. The lowest BCUT2D eigenvalue weighted by atomic mass is 9.78. The molecule has 1 aliphatic rings. The topological polar surface area (TPSA) is 141 Å². The zero-order valence-electron chi connectivity index (χ0n) is 30.6.